The van der Waals surface area contributed by atoms with E-state index in [0.29, 0.717) is 12.6 Å². The molecule has 0 aliphatic rings. The molecule has 0 bridgehead atoms. The average molecular weight is 188 g/mol. The van der Waals surface area contributed by atoms with Gasteiger partial charge in [-0.25, -0.2) is 0 Å². The minimum Gasteiger partial charge on any atom is -0.480 e. The van der Waals surface area contributed by atoms with Gasteiger partial charge in [-0.15, -0.1) is 0 Å². The summed E-state index contributed by atoms with van der Waals surface area (Å²) >= 11 is 0. The van der Waals surface area contributed by atoms with E-state index in [9.17, 15) is 4.79 Å². The van der Waals surface area contributed by atoms with Gasteiger partial charge < -0.3 is 16.2 Å². The number of hydrogen-bond donors (Lipinski definition) is 3. The van der Waals surface area contributed by atoms with Gasteiger partial charge in [-0.2, -0.15) is 0 Å². The highest BCUT2D eigenvalue weighted by molar-refractivity contribution is 5.73. The first-order valence-corrected chi connectivity index (χ1v) is 4.79. The third-order valence-electron chi connectivity index (χ3n) is 1.99. The summed E-state index contributed by atoms with van der Waals surface area (Å²) in [7, 11) is 0. The van der Waals surface area contributed by atoms with Gasteiger partial charge in [-0.05, 0) is 13.3 Å². The van der Waals surface area contributed by atoms with Crippen molar-refractivity contribution in [1.29, 1.82) is 0 Å². The van der Waals surface area contributed by atoms with E-state index in [1.54, 1.807) is 0 Å². The van der Waals surface area contributed by atoms with Crippen molar-refractivity contribution >= 4 is 5.97 Å². The number of unbranched alkanes of at least 4 members (excludes halogenated alkanes) is 1. The summed E-state index contributed by atoms with van der Waals surface area (Å²) in [5, 5.41) is 11.6. The monoisotopic (exact) mass is 188 g/mol. The lowest BCUT2D eigenvalue weighted by atomic mass is 10.1. The quantitative estimate of drug-likeness (QED) is 0.546. The van der Waals surface area contributed by atoms with E-state index in [-0.39, 0.29) is 0 Å². The van der Waals surface area contributed by atoms with Crippen LogP contribution in [0.4, 0.5) is 0 Å². The Kier molecular flexibility index (Phi) is 6.54. The van der Waals surface area contributed by atoms with Gasteiger partial charge in [0.15, 0.2) is 0 Å². The molecule has 4 nitrogen and oxygen atoms in total. The van der Waals surface area contributed by atoms with E-state index in [2.05, 4.69) is 12.2 Å². The molecule has 0 aliphatic carbocycles. The van der Waals surface area contributed by atoms with Crippen molar-refractivity contribution in [2.75, 3.05) is 6.54 Å². The first-order chi connectivity index (χ1) is 6.07. The van der Waals surface area contributed by atoms with Crippen LogP contribution in [-0.2, 0) is 4.79 Å². The number of rotatable bonds is 7. The normalized spacial score (nSPS) is 15.3. The zero-order valence-corrected chi connectivity index (χ0v) is 8.42. The molecule has 13 heavy (non-hydrogen) atoms. The summed E-state index contributed by atoms with van der Waals surface area (Å²) in [5.74, 6) is -0.949. The van der Waals surface area contributed by atoms with Crippen molar-refractivity contribution < 1.29 is 9.90 Å². The predicted octanol–water partition coefficient (Wildman–Crippen LogP) is 0.567. The van der Waals surface area contributed by atoms with E-state index in [4.69, 9.17) is 10.8 Å². The van der Waals surface area contributed by atoms with Gasteiger partial charge in [0.2, 0.25) is 0 Å². The third-order valence-corrected chi connectivity index (χ3v) is 1.99. The molecule has 0 spiro atoms. The summed E-state index contributed by atoms with van der Waals surface area (Å²) in [6, 6.07) is -0.436. The smallest absolute Gasteiger partial charge is 0.321 e. The van der Waals surface area contributed by atoms with Gasteiger partial charge in [-0.3, -0.25) is 4.79 Å². The van der Waals surface area contributed by atoms with Gasteiger partial charge in [0.1, 0.15) is 6.04 Å². The molecule has 4 heteroatoms. The van der Waals surface area contributed by atoms with Gasteiger partial charge in [-0.1, -0.05) is 19.8 Å². The van der Waals surface area contributed by atoms with Crippen molar-refractivity contribution in [2.45, 2.75) is 45.2 Å². The maximum absolute atomic E-state index is 10.4. The molecule has 0 amide bonds. The first kappa shape index (κ1) is 12.4. The molecule has 78 valence electrons. The maximum Gasteiger partial charge on any atom is 0.321 e. The van der Waals surface area contributed by atoms with Gasteiger partial charge in [0, 0.05) is 12.6 Å². The molecule has 0 rings (SSSR count). The summed E-state index contributed by atoms with van der Waals surface area (Å²) < 4.78 is 0. The van der Waals surface area contributed by atoms with Gasteiger partial charge in [0.25, 0.3) is 0 Å². The molecule has 0 radical (unpaired) electrons. The predicted molar refractivity (Wildman–Crippen MR) is 52.6 cm³/mol. The number of carbonyl (C=O) groups is 1. The van der Waals surface area contributed by atoms with Crippen LogP contribution in [0.15, 0.2) is 0 Å². The molecule has 2 unspecified atom stereocenters. The standard InChI is InChI=1S/C9H20N2O2/c1-3-4-5-7(2)11-6-8(10)9(12)13/h7-8,11H,3-6,10H2,1-2H3,(H,12,13). The fraction of sp³-hybridized carbons (Fsp3) is 0.889. The summed E-state index contributed by atoms with van der Waals surface area (Å²) in [6.45, 7) is 4.53. The van der Waals surface area contributed by atoms with Crippen LogP contribution in [0.5, 0.6) is 0 Å². The largest absolute Gasteiger partial charge is 0.480 e. The van der Waals surface area contributed by atoms with Crippen LogP contribution in [0.3, 0.4) is 0 Å². The van der Waals surface area contributed by atoms with Gasteiger partial charge in [0.05, 0.1) is 0 Å². The van der Waals surface area contributed by atoms with E-state index < -0.39 is 12.0 Å². The zero-order valence-electron chi connectivity index (χ0n) is 8.42. The highest BCUT2D eigenvalue weighted by atomic mass is 16.4. The second-order valence-electron chi connectivity index (χ2n) is 3.40. The number of aliphatic carboxylic acids is 1. The van der Waals surface area contributed by atoms with Crippen LogP contribution >= 0.6 is 0 Å². The van der Waals surface area contributed by atoms with Crippen molar-refractivity contribution in [3.8, 4) is 0 Å². The summed E-state index contributed by atoms with van der Waals surface area (Å²) in [6.07, 6.45) is 3.40. The Bertz CT molecular complexity index is 151. The van der Waals surface area contributed by atoms with Crippen LogP contribution < -0.4 is 11.1 Å². The lowest BCUT2D eigenvalue weighted by Crippen LogP contribution is -2.43. The molecule has 2 atom stereocenters. The molecule has 0 saturated heterocycles. The molecule has 4 N–H and O–H groups in total. The second-order valence-corrected chi connectivity index (χ2v) is 3.40. The summed E-state index contributed by atoms with van der Waals surface area (Å²) in [5.41, 5.74) is 5.33. The molecule has 0 fully saturated rings. The molecular formula is C9H20N2O2. The van der Waals surface area contributed by atoms with Crippen LogP contribution in [0.2, 0.25) is 0 Å². The second kappa shape index (κ2) is 6.86. The number of nitrogens with one attached hydrogen (secondary N) is 1. The number of nitrogens with two attached hydrogens (primary N) is 1. The molecule has 0 aromatic carbocycles. The lowest BCUT2D eigenvalue weighted by Gasteiger charge is -2.14. The molecular weight excluding hydrogens is 168 g/mol. The van der Waals surface area contributed by atoms with Crippen molar-refractivity contribution in [1.82, 2.24) is 5.32 Å². The minimum atomic E-state index is -0.949. The van der Waals surface area contributed by atoms with E-state index in [0.717, 1.165) is 19.3 Å². The Balaban J connectivity index is 3.45. The van der Waals surface area contributed by atoms with Crippen molar-refractivity contribution in [3.63, 3.8) is 0 Å². The fourth-order valence-corrected chi connectivity index (χ4v) is 1.03. The molecule has 0 aromatic rings. The Labute approximate surface area is 79.5 Å². The SMILES string of the molecule is CCCCC(C)NCC(N)C(=O)O. The Hall–Kier alpha value is -0.610. The van der Waals surface area contributed by atoms with E-state index in [1.165, 1.54) is 0 Å². The fourth-order valence-electron chi connectivity index (χ4n) is 1.03. The Morgan fingerprint density at radius 3 is 2.69 bits per heavy atom. The topological polar surface area (TPSA) is 75.3 Å². The number of carboxylic acids is 1. The zero-order chi connectivity index (χ0) is 10.3. The highest BCUT2D eigenvalue weighted by Gasteiger charge is 2.11. The number of hydrogen-bond acceptors (Lipinski definition) is 3. The van der Waals surface area contributed by atoms with Crippen molar-refractivity contribution in [3.05, 3.63) is 0 Å². The first-order valence-electron chi connectivity index (χ1n) is 4.79. The molecule has 0 aliphatic heterocycles. The summed E-state index contributed by atoms with van der Waals surface area (Å²) in [4.78, 5) is 10.4. The maximum atomic E-state index is 10.4. The lowest BCUT2D eigenvalue weighted by molar-refractivity contribution is -0.138. The van der Waals surface area contributed by atoms with Crippen LogP contribution in [-0.4, -0.2) is 29.7 Å². The van der Waals surface area contributed by atoms with E-state index >= 15 is 0 Å². The minimum absolute atomic E-state index is 0.347. The molecule has 0 heterocycles. The molecule has 0 saturated carbocycles. The van der Waals surface area contributed by atoms with Crippen LogP contribution in [0.25, 0.3) is 0 Å². The van der Waals surface area contributed by atoms with Crippen molar-refractivity contribution in [2.24, 2.45) is 5.73 Å². The third kappa shape index (κ3) is 6.54. The van der Waals surface area contributed by atoms with Crippen LogP contribution in [0.1, 0.15) is 33.1 Å². The molecule has 0 aromatic heterocycles. The Morgan fingerprint density at radius 2 is 2.23 bits per heavy atom. The number of carboxylic acid groups (broad SMARTS) is 1. The van der Waals surface area contributed by atoms with E-state index in [1.807, 2.05) is 6.92 Å². The highest BCUT2D eigenvalue weighted by Crippen LogP contribution is 1.98. The van der Waals surface area contributed by atoms with Gasteiger partial charge >= 0.3 is 5.97 Å². The Morgan fingerprint density at radius 1 is 1.62 bits per heavy atom. The van der Waals surface area contributed by atoms with Crippen LogP contribution in [0, 0.1) is 0 Å². The average Bonchev–Trinajstić information content (AvgIpc) is 2.10.